The molecule has 0 aliphatic heterocycles. The van der Waals surface area contributed by atoms with Crippen molar-refractivity contribution >= 4 is 27.5 Å². The molecule has 1 N–H and O–H groups in total. The Hall–Kier alpha value is -2.32. The molecular weight excluding hydrogens is 344 g/mol. The summed E-state index contributed by atoms with van der Waals surface area (Å²) >= 11 is 3.27. The lowest BCUT2D eigenvalue weighted by Gasteiger charge is -2.11. The van der Waals surface area contributed by atoms with Crippen molar-refractivity contribution in [3.63, 3.8) is 0 Å². The maximum atomic E-state index is 12.4. The predicted molar refractivity (Wildman–Crippen MR) is 89.4 cm³/mol. The number of methoxy groups -OCH3 is 1. The number of carbonyl (C=O) groups excluding carboxylic acids is 1. The third-order valence-electron chi connectivity index (χ3n) is 3.15. The first-order chi connectivity index (χ1) is 10.6. The zero-order valence-electron chi connectivity index (χ0n) is 12.0. The van der Waals surface area contributed by atoms with E-state index in [9.17, 15) is 4.79 Å². The topological polar surface area (TPSA) is 62.1 Å². The van der Waals surface area contributed by atoms with Crippen molar-refractivity contribution in [2.45, 2.75) is 11.2 Å². The third kappa shape index (κ3) is 4.09. The Balaban J connectivity index is 2.16. The van der Waals surface area contributed by atoms with Gasteiger partial charge in [-0.3, -0.25) is 4.79 Å². The molecular formula is C17H15BrN2O2. The van der Waals surface area contributed by atoms with Crippen molar-refractivity contribution in [3.05, 3.63) is 59.7 Å². The highest BCUT2D eigenvalue weighted by Crippen LogP contribution is 2.18. The summed E-state index contributed by atoms with van der Waals surface area (Å²) in [5, 5.41) is 11.7. The van der Waals surface area contributed by atoms with E-state index in [0.29, 0.717) is 17.7 Å². The van der Waals surface area contributed by atoms with E-state index in [-0.39, 0.29) is 10.7 Å². The number of nitrogens with zero attached hydrogens (tertiary/aromatic N) is 1. The Morgan fingerprint density at radius 3 is 2.59 bits per heavy atom. The standard InChI is InChI=1S/C17H15BrN2O2/c1-22-15-8-6-14(7-9-15)20-17(21)16-5-3-2-4-12(16)10-13(18)11-19/h2-9,13H,10H2,1H3,(H,20,21)/t13-/m0/s1. The van der Waals surface area contributed by atoms with Crippen molar-refractivity contribution in [2.75, 3.05) is 12.4 Å². The fourth-order valence-corrected chi connectivity index (χ4v) is 2.38. The molecule has 1 amide bonds. The highest BCUT2D eigenvalue weighted by atomic mass is 79.9. The maximum Gasteiger partial charge on any atom is 0.255 e. The monoisotopic (exact) mass is 358 g/mol. The van der Waals surface area contributed by atoms with Gasteiger partial charge in [0.15, 0.2) is 0 Å². The largest absolute Gasteiger partial charge is 0.497 e. The van der Waals surface area contributed by atoms with Crippen LogP contribution in [0.15, 0.2) is 48.5 Å². The molecule has 0 radical (unpaired) electrons. The summed E-state index contributed by atoms with van der Waals surface area (Å²) in [4.78, 5) is 12.1. The average Bonchev–Trinajstić information content (AvgIpc) is 2.55. The van der Waals surface area contributed by atoms with Gasteiger partial charge in [0.05, 0.1) is 13.2 Å². The van der Waals surface area contributed by atoms with Gasteiger partial charge in [-0.1, -0.05) is 34.1 Å². The van der Waals surface area contributed by atoms with Crippen molar-refractivity contribution in [1.82, 2.24) is 0 Å². The van der Waals surface area contributed by atoms with Crippen molar-refractivity contribution < 1.29 is 9.53 Å². The molecule has 0 bridgehead atoms. The third-order valence-corrected chi connectivity index (χ3v) is 3.68. The molecule has 0 unspecified atom stereocenters. The number of anilines is 1. The van der Waals surface area contributed by atoms with Gasteiger partial charge in [-0.05, 0) is 42.3 Å². The molecule has 0 fully saturated rings. The van der Waals surface area contributed by atoms with E-state index in [1.54, 1.807) is 37.4 Å². The number of nitriles is 1. The summed E-state index contributed by atoms with van der Waals surface area (Å²) in [5.74, 6) is 0.535. The summed E-state index contributed by atoms with van der Waals surface area (Å²) < 4.78 is 5.09. The van der Waals surface area contributed by atoms with Crippen LogP contribution < -0.4 is 10.1 Å². The molecule has 112 valence electrons. The smallest absolute Gasteiger partial charge is 0.255 e. The lowest BCUT2D eigenvalue weighted by Crippen LogP contribution is -2.15. The molecule has 2 rings (SSSR count). The van der Waals surface area contributed by atoms with Gasteiger partial charge in [0, 0.05) is 11.3 Å². The number of halogens is 1. The Bertz CT molecular complexity index is 693. The molecule has 2 aromatic rings. The number of alkyl halides is 1. The second-order valence-electron chi connectivity index (χ2n) is 4.64. The van der Waals surface area contributed by atoms with E-state index in [4.69, 9.17) is 10.00 Å². The average molecular weight is 359 g/mol. The number of ether oxygens (including phenoxy) is 1. The van der Waals surface area contributed by atoms with Crippen LogP contribution in [0, 0.1) is 11.3 Å². The van der Waals surface area contributed by atoms with Crippen molar-refractivity contribution in [2.24, 2.45) is 0 Å². The molecule has 0 aliphatic carbocycles. The number of hydrogen-bond acceptors (Lipinski definition) is 3. The Kier molecular flexibility index (Phi) is 5.56. The van der Waals surface area contributed by atoms with Gasteiger partial charge in [0.25, 0.3) is 5.91 Å². The lowest BCUT2D eigenvalue weighted by atomic mass is 10.0. The van der Waals surface area contributed by atoms with Crippen molar-refractivity contribution in [1.29, 1.82) is 5.26 Å². The second-order valence-corrected chi connectivity index (χ2v) is 5.75. The first kappa shape index (κ1) is 16.1. The van der Waals surface area contributed by atoms with Gasteiger partial charge in [-0.15, -0.1) is 0 Å². The molecule has 0 aromatic heterocycles. The molecule has 0 saturated heterocycles. The van der Waals surface area contributed by atoms with E-state index >= 15 is 0 Å². The molecule has 0 heterocycles. The number of amides is 1. The SMILES string of the molecule is COc1ccc(NC(=O)c2ccccc2C[C@H](Br)C#N)cc1. The molecule has 4 nitrogen and oxygen atoms in total. The van der Waals surface area contributed by atoms with Crippen LogP contribution in [0.5, 0.6) is 5.75 Å². The highest BCUT2D eigenvalue weighted by Gasteiger charge is 2.14. The minimum atomic E-state index is -0.317. The first-order valence-corrected chi connectivity index (χ1v) is 7.62. The number of hydrogen-bond donors (Lipinski definition) is 1. The normalized spacial score (nSPS) is 11.3. The highest BCUT2D eigenvalue weighted by molar-refractivity contribution is 9.09. The van der Waals surface area contributed by atoms with Gasteiger partial charge >= 0.3 is 0 Å². The van der Waals surface area contributed by atoms with Crippen LogP contribution in [0.2, 0.25) is 0 Å². The minimum Gasteiger partial charge on any atom is -0.497 e. The van der Waals surface area contributed by atoms with Gasteiger partial charge in [-0.2, -0.15) is 5.26 Å². The fraction of sp³-hybridized carbons (Fsp3) is 0.176. The molecule has 5 heteroatoms. The van der Waals surface area contributed by atoms with E-state index in [0.717, 1.165) is 11.3 Å². The summed E-state index contributed by atoms with van der Waals surface area (Å²) in [7, 11) is 1.59. The van der Waals surface area contributed by atoms with Crippen LogP contribution in [0.4, 0.5) is 5.69 Å². The lowest BCUT2D eigenvalue weighted by molar-refractivity contribution is 0.102. The van der Waals surface area contributed by atoms with Gasteiger partial charge in [0.1, 0.15) is 10.6 Å². The molecule has 0 spiro atoms. The van der Waals surface area contributed by atoms with E-state index < -0.39 is 0 Å². The van der Waals surface area contributed by atoms with Gasteiger partial charge in [0.2, 0.25) is 0 Å². The summed E-state index contributed by atoms with van der Waals surface area (Å²) in [6.07, 6.45) is 0.475. The Morgan fingerprint density at radius 2 is 1.95 bits per heavy atom. The molecule has 2 aromatic carbocycles. The number of nitrogens with one attached hydrogen (secondary N) is 1. The van der Waals surface area contributed by atoms with E-state index in [2.05, 4.69) is 27.3 Å². The number of carbonyl (C=O) groups is 1. The van der Waals surface area contributed by atoms with Crippen LogP contribution in [0.3, 0.4) is 0 Å². The van der Waals surface area contributed by atoms with Crippen LogP contribution in [0.25, 0.3) is 0 Å². The quantitative estimate of drug-likeness (QED) is 0.827. The minimum absolute atomic E-state index is 0.196. The summed E-state index contributed by atoms with van der Waals surface area (Å²) in [6, 6.07) is 16.5. The Morgan fingerprint density at radius 1 is 1.27 bits per heavy atom. The van der Waals surface area contributed by atoms with Gasteiger partial charge < -0.3 is 10.1 Å². The predicted octanol–water partition coefficient (Wildman–Crippen LogP) is 3.78. The van der Waals surface area contributed by atoms with Crippen molar-refractivity contribution in [3.8, 4) is 11.8 Å². The van der Waals surface area contributed by atoms with Crippen LogP contribution in [0.1, 0.15) is 15.9 Å². The van der Waals surface area contributed by atoms with E-state index in [1.165, 1.54) is 0 Å². The van der Waals surface area contributed by atoms with Crippen LogP contribution >= 0.6 is 15.9 Å². The van der Waals surface area contributed by atoms with E-state index in [1.807, 2.05) is 18.2 Å². The second kappa shape index (κ2) is 7.62. The summed E-state index contributed by atoms with van der Waals surface area (Å²) in [6.45, 7) is 0. The Labute approximate surface area is 137 Å². The fourth-order valence-electron chi connectivity index (χ4n) is 2.03. The maximum absolute atomic E-state index is 12.4. The van der Waals surface area contributed by atoms with Gasteiger partial charge in [-0.25, -0.2) is 0 Å². The number of rotatable bonds is 5. The van der Waals surface area contributed by atoms with Crippen LogP contribution in [-0.2, 0) is 6.42 Å². The molecule has 0 aliphatic rings. The number of benzene rings is 2. The van der Waals surface area contributed by atoms with Crippen LogP contribution in [-0.4, -0.2) is 17.8 Å². The molecule has 0 saturated carbocycles. The summed E-state index contributed by atoms with van der Waals surface area (Å²) in [5.41, 5.74) is 2.09. The zero-order chi connectivity index (χ0) is 15.9. The zero-order valence-corrected chi connectivity index (χ0v) is 13.6. The molecule has 1 atom stereocenters. The first-order valence-electron chi connectivity index (χ1n) is 6.71. The molecule has 22 heavy (non-hydrogen) atoms.